The number of carbonyl (C=O) groups is 1. The molecule has 0 bridgehead atoms. The van der Waals surface area contributed by atoms with Gasteiger partial charge in [-0.15, -0.1) is 11.3 Å². The molecule has 1 aliphatic rings. The number of pyridine rings is 1. The molecular weight excluding hydrogens is 512 g/mol. The van der Waals surface area contributed by atoms with Gasteiger partial charge in [-0.05, 0) is 62.7 Å². The van der Waals surface area contributed by atoms with E-state index in [4.69, 9.17) is 25.8 Å². The van der Waals surface area contributed by atoms with E-state index >= 15 is 0 Å². The van der Waals surface area contributed by atoms with Crippen molar-refractivity contribution in [3.05, 3.63) is 76.2 Å². The topological polar surface area (TPSA) is 70.0 Å². The Hall–Kier alpha value is -3.49. The minimum Gasteiger partial charge on any atom is -0.493 e. The van der Waals surface area contributed by atoms with Crippen LogP contribution in [0.4, 0.5) is 4.79 Å². The second-order valence-electron chi connectivity index (χ2n) is 9.85. The molecule has 1 fully saturated rings. The highest BCUT2D eigenvalue weighted by molar-refractivity contribution is 7.22. The second kappa shape index (κ2) is 9.76. The van der Waals surface area contributed by atoms with Crippen LogP contribution >= 0.6 is 22.9 Å². The molecule has 5 rings (SSSR count). The molecule has 0 unspecified atom stereocenters. The zero-order valence-corrected chi connectivity index (χ0v) is 22.6. The average molecular weight is 539 g/mol. The molecule has 0 N–H and O–H groups in total. The predicted molar refractivity (Wildman–Crippen MR) is 147 cm³/mol. The molecule has 9 heteroatoms. The first kappa shape index (κ1) is 25.2. The van der Waals surface area contributed by atoms with Gasteiger partial charge < -0.3 is 19.1 Å². The summed E-state index contributed by atoms with van der Waals surface area (Å²) in [5.41, 5.74) is 1.04. The Morgan fingerprint density at radius 1 is 1.03 bits per heavy atom. The second-order valence-corrected chi connectivity index (χ2v) is 11.3. The number of likely N-dealkylation sites (tertiary alicyclic amines) is 1. The molecule has 3 heterocycles. The number of aromatic nitrogens is 1. The van der Waals surface area contributed by atoms with Crippen LogP contribution in [0.1, 0.15) is 20.8 Å². The highest BCUT2D eigenvalue weighted by Gasteiger charge is 2.35. The van der Waals surface area contributed by atoms with Crippen LogP contribution in [-0.4, -0.2) is 47.5 Å². The van der Waals surface area contributed by atoms with Crippen LogP contribution < -0.4 is 15.0 Å². The summed E-state index contributed by atoms with van der Waals surface area (Å²) < 4.78 is 19.3. The Labute approximate surface area is 223 Å². The fourth-order valence-electron chi connectivity index (χ4n) is 4.06. The van der Waals surface area contributed by atoms with Crippen LogP contribution in [-0.2, 0) is 4.74 Å². The molecular formula is C28H27ClN2O5S. The minimum absolute atomic E-state index is 0.106. The number of fused-ring (bicyclic) bond motifs is 1. The number of ether oxygens (including phenoxy) is 3. The number of rotatable bonds is 5. The maximum absolute atomic E-state index is 13.4. The number of amides is 1. The van der Waals surface area contributed by atoms with Crippen molar-refractivity contribution in [1.82, 2.24) is 9.47 Å². The van der Waals surface area contributed by atoms with E-state index in [2.05, 4.69) is 0 Å². The van der Waals surface area contributed by atoms with E-state index in [0.717, 1.165) is 15.8 Å². The molecule has 0 radical (unpaired) electrons. The van der Waals surface area contributed by atoms with Crippen LogP contribution in [0, 0.1) is 0 Å². The zero-order chi connectivity index (χ0) is 26.3. The van der Waals surface area contributed by atoms with E-state index in [0.29, 0.717) is 40.0 Å². The van der Waals surface area contributed by atoms with Gasteiger partial charge in [-0.3, -0.25) is 9.36 Å². The van der Waals surface area contributed by atoms with E-state index < -0.39 is 5.60 Å². The molecule has 4 aromatic rings. The highest BCUT2D eigenvalue weighted by atomic mass is 35.5. The number of nitrogens with zero attached hydrogens (tertiary/aromatic N) is 2. The Morgan fingerprint density at radius 3 is 2.43 bits per heavy atom. The molecule has 0 saturated carbocycles. The Morgan fingerprint density at radius 2 is 1.76 bits per heavy atom. The standard InChI is InChI=1S/C28H27ClN2O5S/c1-28(2,3)36-27(33)30-15-21(16-30)35-22-10-9-20(14-23(22)34-4)31-12-11-18-13-24(37-25(18)26(31)32)17-5-7-19(29)8-6-17/h5-14,21H,15-16H2,1-4H3. The van der Waals surface area contributed by atoms with Crippen molar-refractivity contribution < 1.29 is 19.0 Å². The summed E-state index contributed by atoms with van der Waals surface area (Å²) >= 11 is 7.47. The first-order chi connectivity index (χ1) is 17.6. The monoisotopic (exact) mass is 538 g/mol. The molecule has 37 heavy (non-hydrogen) atoms. The van der Waals surface area contributed by atoms with Crippen molar-refractivity contribution >= 4 is 39.1 Å². The van der Waals surface area contributed by atoms with E-state index in [-0.39, 0.29) is 17.8 Å². The number of halogens is 1. The number of carbonyl (C=O) groups excluding carboxylic acids is 1. The minimum atomic E-state index is -0.538. The lowest BCUT2D eigenvalue weighted by atomic mass is 10.1. The fourth-order valence-corrected chi connectivity index (χ4v) is 5.28. The van der Waals surface area contributed by atoms with Crippen LogP contribution in [0.3, 0.4) is 0 Å². The summed E-state index contributed by atoms with van der Waals surface area (Å²) in [7, 11) is 1.56. The van der Waals surface area contributed by atoms with Gasteiger partial charge in [0.25, 0.3) is 5.56 Å². The summed E-state index contributed by atoms with van der Waals surface area (Å²) in [5.74, 6) is 1.06. The molecule has 0 spiro atoms. The molecule has 2 aromatic carbocycles. The van der Waals surface area contributed by atoms with Gasteiger partial charge in [0.1, 0.15) is 16.4 Å². The molecule has 2 aromatic heterocycles. The van der Waals surface area contributed by atoms with Crippen LogP contribution in [0.15, 0.2) is 65.6 Å². The summed E-state index contributed by atoms with van der Waals surface area (Å²) in [4.78, 5) is 28.2. The maximum atomic E-state index is 13.4. The third-order valence-corrected chi connectivity index (χ3v) is 7.36. The smallest absolute Gasteiger partial charge is 0.410 e. The lowest BCUT2D eigenvalue weighted by molar-refractivity contribution is -0.0226. The van der Waals surface area contributed by atoms with Gasteiger partial charge >= 0.3 is 6.09 Å². The average Bonchev–Trinajstić information content (AvgIpc) is 3.26. The molecule has 1 amide bonds. The van der Waals surface area contributed by atoms with Gasteiger partial charge in [-0.25, -0.2) is 4.79 Å². The highest BCUT2D eigenvalue weighted by Crippen LogP contribution is 2.34. The van der Waals surface area contributed by atoms with Gasteiger partial charge in [0.05, 0.1) is 25.9 Å². The third kappa shape index (κ3) is 5.31. The Balaban J connectivity index is 1.34. The quantitative estimate of drug-likeness (QED) is 0.295. The Bertz CT molecular complexity index is 1510. The molecule has 7 nitrogen and oxygen atoms in total. The van der Waals surface area contributed by atoms with Crippen molar-refractivity contribution in [3.63, 3.8) is 0 Å². The predicted octanol–water partition coefficient (Wildman–Crippen LogP) is 6.38. The van der Waals surface area contributed by atoms with Crippen molar-refractivity contribution in [2.45, 2.75) is 32.5 Å². The molecule has 1 aliphatic heterocycles. The molecule has 192 valence electrons. The lowest BCUT2D eigenvalue weighted by Gasteiger charge is -2.39. The summed E-state index contributed by atoms with van der Waals surface area (Å²) in [5, 5.41) is 1.56. The molecule has 1 saturated heterocycles. The molecule has 0 aliphatic carbocycles. The maximum Gasteiger partial charge on any atom is 0.410 e. The van der Waals surface area contributed by atoms with Crippen molar-refractivity contribution in [3.8, 4) is 27.6 Å². The normalized spacial score (nSPS) is 13.9. The van der Waals surface area contributed by atoms with E-state index in [1.54, 1.807) is 34.9 Å². The SMILES string of the molecule is COc1cc(-n2ccc3cc(-c4ccc(Cl)cc4)sc3c2=O)ccc1OC1CN(C(=O)OC(C)(C)C)C1. The van der Waals surface area contributed by atoms with Crippen molar-refractivity contribution in [2.24, 2.45) is 0 Å². The summed E-state index contributed by atoms with van der Waals surface area (Å²) in [6, 6.07) is 16.9. The van der Waals surface area contributed by atoms with E-state index in [1.807, 2.05) is 63.2 Å². The summed E-state index contributed by atoms with van der Waals surface area (Å²) in [6.07, 6.45) is 1.25. The van der Waals surface area contributed by atoms with Crippen LogP contribution in [0.5, 0.6) is 11.5 Å². The first-order valence-corrected chi connectivity index (χ1v) is 13.0. The number of thiophene rings is 1. The van der Waals surface area contributed by atoms with E-state index in [9.17, 15) is 9.59 Å². The van der Waals surface area contributed by atoms with Crippen LogP contribution in [0.25, 0.3) is 26.2 Å². The number of methoxy groups -OCH3 is 1. The number of benzene rings is 2. The Kier molecular flexibility index (Phi) is 6.64. The number of hydrogen-bond acceptors (Lipinski definition) is 6. The zero-order valence-electron chi connectivity index (χ0n) is 21.0. The largest absolute Gasteiger partial charge is 0.493 e. The van der Waals surface area contributed by atoms with Gasteiger partial charge in [0, 0.05) is 27.5 Å². The first-order valence-electron chi connectivity index (χ1n) is 11.9. The molecule has 0 atom stereocenters. The van der Waals surface area contributed by atoms with Crippen molar-refractivity contribution in [2.75, 3.05) is 20.2 Å². The third-order valence-electron chi connectivity index (χ3n) is 5.92. The van der Waals surface area contributed by atoms with Crippen LogP contribution in [0.2, 0.25) is 5.02 Å². The number of hydrogen-bond donors (Lipinski definition) is 0. The lowest BCUT2D eigenvalue weighted by Crippen LogP contribution is -2.57. The van der Waals surface area contributed by atoms with Gasteiger partial charge in [-0.1, -0.05) is 23.7 Å². The van der Waals surface area contributed by atoms with Gasteiger partial charge in [0.15, 0.2) is 11.5 Å². The van der Waals surface area contributed by atoms with Crippen molar-refractivity contribution in [1.29, 1.82) is 0 Å². The fraction of sp³-hybridized carbons (Fsp3) is 0.286. The summed E-state index contributed by atoms with van der Waals surface area (Å²) in [6.45, 7) is 6.38. The van der Waals surface area contributed by atoms with Gasteiger partial charge in [0.2, 0.25) is 0 Å². The van der Waals surface area contributed by atoms with Gasteiger partial charge in [-0.2, -0.15) is 0 Å². The van der Waals surface area contributed by atoms with E-state index in [1.165, 1.54) is 11.3 Å².